The molecule has 1 amide bonds. The Bertz CT molecular complexity index is 696. The van der Waals surface area contributed by atoms with Gasteiger partial charge in [-0.25, -0.2) is 0 Å². The highest BCUT2D eigenvalue weighted by atomic mass is 32.2. The lowest BCUT2D eigenvalue weighted by Crippen LogP contribution is -2.15. The maximum atomic E-state index is 11.9. The number of carbonyl (C=O) groups excluding carboxylic acids is 1. The molecule has 0 saturated heterocycles. The second kappa shape index (κ2) is 5.44. The summed E-state index contributed by atoms with van der Waals surface area (Å²) in [6.45, 7) is 1.98. The number of anilines is 1. The molecule has 6 heteroatoms. The molecule has 0 fully saturated rings. The summed E-state index contributed by atoms with van der Waals surface area (Å²) in [4.78, 5) is 11.9. The van der Waals surface area contributed by atoms with Crippen molar-refractivity contribution in [3.8, 4) is 5.75 Å². The van der Waals surface area contributed by atoms with Crippen molar-refractivity contribution in [3.05, 3.63) is 41.1 Å². The number of hydrogen-bond acceptors (Lipinski definition) is 4. The zero-order valence-electron chi connectivity index (χ0n) is 12.2. The minimum absolute atomic E-state index is 0.00893. The number of amides is 1. The lowest BCUT2D eigenvalue weighted by atomic mass is 10.0. The van der Waals surface area contributed by atoms with E-state index in [0.717, 1.165) is 28.4 Å². The topological polar surface area (TPSA) is 56.1 Å². The minimum atomic E-state index is 0.00893. The molecule has 1 N–H and O–H groups in total. The minimum Gasteiger partial charge on any atom is -0.497 e. The predicted molar refractivity (Wildman–Crippen MR) is 83.9 cm³/mol. The molecule has 21 heavy (non-hydrogen) atoms. The van der Waals surface area contributed by atoms with E-state index in [2.05, 4.69) is 16.5 Å². The molecule has 5 nitrogen and oxygen atoms in total. The molecular weight excluding hydrogens is 286 g/mol. The number of carbonyl (C=O) groups is 1. The molecule has 2 heterocycles. The van der Waals surface area contributed by atoms with E-state index < -0.39 is 0 Å². The van der Waals surface area contributed by atoms with Crippen molar-refractivity contribution in [2.24, 2.45) is 7.05 Å². The second-order valence-corrected chi connectivity index (χ2v) is 6.08. The van der Waals surface area contributed by atoms with Gasteiger partial charge in [0, 0.05) is 12.6 Å². The highest BCUT2D eigenvalue weighted by Crippen LogP contribution is 2.43. The second-order valence-electron chi connectivity index (χ2n) is 4.99. The maximum Gasteiger partial charge on any atom is 0.235 e. The molecule has 1 unspecified atom stereocenters. The van der Waals surface area contributed by atoms with Gasteiger partial charge in [0.2, 0.25) is 5.91 Å². The highest BCUT2D eigenvalue weighted by Gasteiger charge is 2.29. The van der Waals surface area contributed by atoms with Crippen molar-refractivity contribution < 1.29 is 9.53 Å². The van der Waals surface area contributed by atoms with E-state index in [1.165, 1.54) is 0 Å². The van der Waals surface area contributed by atoms with Crippen LogP contribution < -0.4 is 10.1 Å². The first kappa shape index (κ1) is 14.0. The molecule has 3 rings (SSSR count). The fourth-order valence-corrected chi connectivity index (χ4v) is 3.79. The van der Waals surface area contributed by atoms with Crippen LogP contribution in [0, 0.1) is 6.92 Å². The van der Waals surface area contributed by atoms with Crippen molar-refractivity contribution in [2.75, 3.05) is 18.2 Å². The van der Waals surface area contributed by atoms with Crippen molar-refractivity contribution >= 4 is 23.5 Å². The van der Waals surface area contributed by atoms with E-state index in [0.29, 0.717) is 5.75 Å². The molecule has 1 aliphatic rings. The van der Waals surface area contributed by atoms with Crippen LogP contribution >= 0.6 is 11.8 Å². The van der Waals surface area contributed by atoms with Crippen LogP contribution in [0.4, 0.5) is 5.82 Å². The summed E-state index contributed by atoms with van der Waals surface area (Å²) in [6.07, 6.45) is 0. The fraction of sp³-hybridized carbons (Fsp3) is 0.333. The number of nitrogens with zero attached hydrogens (tertiary/aromatic N) is 2. The molecular formula is C15H17N3O2S. The van der Waals surface area contributed by atoms with Gasteiger partial charge in [-0.15, -0.1) is 11.8 Å². The van der Waals surface area contributed by atoms with Gasteiger partial charge >= 0.3 is 0 Å². The van der Waals surface area contributed by atoms with E-state index in [1.54, 1.807) is 23.6 Å². The van der Waals surface area contributed by atoms with Crippen LogP contribution in [0.2, 0.25) is 0 Å². The average molecular weight is 303 g/mol. The molecule has 0 aliphatic carbocycles. The summed E-state index contributed by atoms with van der Waals surface area (Å²) in [5.74, 6) is 2.04. The van der Waals surface area contributed by atoms with E-state index in [9.17, 15) is 4.79 Å². The van der Waals surface area contributed by atoms with E-state index >= 15 is 0 Å². The van der Waals surface area contributed by atoms with Crippen LogP contribution in [0.1, 0.15) is 22.1 Å². The Labute approximate surface area is 127 Å². The zero-order chi connectivity index (χ0) is 15.0. The predicted octanol–water partition coefficient (Wildman–Crippen LogP) is 2.51. The summed E-state index contributed by atoms with van der Waals surface area (Å²) >= 11 is 1.61. The van der Waals surface area contributed by atoms with Gasteiger partial charge in [0.25, 0.3) is 0 Å². The lowest BCUT2D eigenvalue weighted by Gasteiger charge is -2.16. The number of ether oxygens (including phenoxy) is 1. The van der Waals surface area contributed by atoms with Crippen molar-refractivity contribution in [3.63, 3.8) is 0 Å². The quantitative estimate of drug-likeness (QED) is 0.926. The van der Waals surface area contributed by atoms with E-state index in [1.807, 2.05) is 32.2 Å². The summed E-state index contributed by atoms with van der Waals surface area (Å²) in [5.41, 5.74) is 3.13. The standard InChI is InChI=1S/C15H17N3O2S/c1-9-13-14(10-5-4-6-11(7-10)20-3)21-8-12(19)16-15(13)18(2)17-9/h4-7,14H,8H2,1-3H3,(H,16,19). The SMILES string of the molecule is COc1cccc(C2SCC(=O)Nc3c2c(C)nn3C)c1. The number of aryl methyl sites for hydroxylation is 2. The first-order chi connectivity index (χ1) is 10.1. The van der Waals surface area contributed by atoms with Crippen LogP contribution in [0.25, 0.3) is 0 Å². The Morgan fingerprint density at radius 3 is 3.05 bits per heavy atom. The summed E-state index contributed by atoms with van der Waals surface area (Å²) < 4.78 is 7.05. The number of benzene rings is 1. The number of nitrogens with one attached hydrogen (secondary N) is 1. The molecule has 0 radical (unpaired) electrons. The molecule has 110 valence electrons. The highest BCUT2D eigenvalue weighted by molar-refractivity contribution is 8.00. The number of methoxy groups -OCH3 is 1. The monoisotopic (exact) mass is 303 g/mol. The van der Waals surface area contributed by atoms with Gasteiger partial charge in [-0.2, -0.15) is 5.10 Å². The van der Waals surface area contributed by atoms with Crippen molar-refractivity contribution in [2.45, 2.75) is 12.2 Å². The first-order valence-corrected chi connectivity index (χ1v) is 7.74. The smallest absolute Gasteiger partial charge is 0.235 e. The molecule has 0 saturated carbocycles. The molecule has 2 aromatic rings. The van der Waals surface area contributed by atoms with Crippen LogP contribution in [0.5, 0.6) is 5.75 Å². The number of hydrogen-bond donors (Lipinski definition) is 1. The van der Waals surface area contributed by atoms with Crippen LogP contribution in [0.3, 0.4) is 0 Å². The number of rotatable bonds is 2. The third-order valence-corrected chi connectivity index (χ3v) is 4.84. The van der Waals surface area contributed by atoms with E-state index in [4.69, 9.17) is 4.74 Å². The Hall–Kier alpha value is -1.95. The normalized spacial score (nSPS) is 17.9. The van der Waals surface area contributed by atoms with Gasteiger partial charge in [0.1, 0.15) is 11.6 Å². The fourth-order valence-electron chi connectivity index (χ4n) is 2.61. The third kappa shape index (κ3) is 2.51. The molecule has 0 bridgehead atoms. The summed E-state index contributed by atoms with van der Waals surface area (Å²) in [5, 5.41) is 7.47. The molecule has 1 aromatic carbocycles. The Kier molecular flexibility index (Phi) is 3.63. The number of aromatic nitrogens is 2. The molecule has 1 aliphatic heterocycles. The van der Waals surface area contributed by atoms with Gasteiger partial charge < -0.3 is 10.1 Å². The maximum absolute atomic E-state index is 11.9. The Balaban J connectivity index is 2.12. The van der Waals surface area contributed by atoms with Crippen LogP contribution in [0.15, 0.2) is 24.3 Å². The van der Waals surface area contributed by atoms with Gasteiger partial charge in [0.15, 0.2) is 0 Å². The molecule has 1 atom stereocenters. The van der Waals surface area contributed by atoms with Gasteiger partial charge in [-0.05, 0) is 24.6 Å². The Morgan fingerprint density at radius 1 is 1.48 bits per heavy atom. The number of fused-ring (bicyclic) bond motifs is 1. The zero-order valence-corrected chi connectivity index (χ0v) is 13.0. The average Bonchev–Trinajstić information content (AvgIpc) is 2.65. The molecule has 1 aromatic heterocycles. The lowest BCUT2D eigenvalue weighted by molar-refractivity contribution is -0.113. The van der Waals surface area contributed by atoms with E-state index in [-0.39, 0.29) is 11.2 Å². The van der Waals surface area contributed by atoms with Gasteiger partial charge in [-0.1, -0.05) is 12.1 Å². The first-order valence-electron chi connectivity index (χ1n) is 6.69. The summed E-state index contributed by atoms with van der Waals surface area (Å²) in [6, 6.07) is 7.97. The largest absolute Gasteiger partial charge is 0.497 e. The van der Waals surface area contributed by atoms with Crippen molar-refractivity contribution in [1.29, 1.82) is 0 Å². The van der Waals surface area contributed by atoms with Crippen LogP contribution in [-0.2, 0) is 11.8 Å². The summed E-state index contributed by atoms with van der Waals surface area (Å²) in [7, 11) is 3.51. The third-order valence-electron chi connectivity index (χ3n) is 3.57. The Morgan fingerprint density at radius 2 is 2.29 bits per heavy atom. The molecule has 0 spiro atoms. The number of thioether (sulfide) groups is 1. The van der Waals surface area contributed by atoms with Crippen LogP contribution in [-0.4, -0.2) is 28.6 Å². The van der Waals surface area contributed by atoms with Crippen molar-refractivity contribution in [1.82, 2.24) is 9.78 Å². The van der Waals surface area contributed by atoms with Gasteiger partial charge in [-0.3, -0.25) is 9.48 Å². The van der Waals surface area contributed by atoms with Gasteiger partial charge in [0.05, 0.1) is 23.8 Å².